The van der Waals surface area contributed by atoms with Crippen LogP contribution in [0.5, 0.6) is 5.75 Å². The summed E-state index contributed by atoms with van der Waals surface area (Å²) >= 11 is 0. The highest BCUT2D eigenvalue weighted by molar-refractivity contribution is 5.75. The first-order valence-corrected chi connectivity index (χ1v) is 14.5. The molecule has 3 aromatic carbocycles. The Morgan fingerprint density at radius 1 is 0.950 bits per heavy atom. The van der Waals surface area contributed by atoms with Crippen LogP contribution in [-0.2, 0) is 18.3 Å². The van der Waals surface area contributed by atoms with E-state index in [1.54, 1.807) is 0 Å². The van der Waals surface area contributed by atoms with E-state index in [0.717, 1.165) is 35.5 Å². The molecule has 40 heavy (non-hydrogen) atoms. The molecule has 0 saturated heterocycles. The molecule has 2 aliphatic rings. The molecule has 1 aliphatic heterocycles. The summed E-state index contributed by atoms with van der Waals surface area (Å²) in [6, 6.07) is 22.1. The van der Waals surface area contributed by atoms with Crippen LogP contribution >= 0.6 is 0 Å². The Bertz CT molecular complexity index is 1530. The van der Waals surface area contributed by atoms with Crippen LogP contribution in [0.1, 0.15) is 75.3 Å². The summed E-state index contributed by atoms with van der Waals surface area (Å²) in [5.74, 6) is 2.22. The van der Waals surface area contributed by atoms with Gasteiger partial charge >= 0.3 is 0 Å². The molecular weight excluding hydrogens is 486 g/mol. The minimum Gasteiger partial charge on any atom is -0.460 e. The molecule has 206 valence electrons. The Morgan fingerprint density at radius 3 is 2.38 bits per heavy atom. The van der Waals surface area contributed by atoms with E-state index in [1.165, 1.54) is 39.0 Å². The van der Waals surface area contributed by atoms with Crippen LogP contribution in [0.2, 0.25) is 0 Å². The van der Waals surface area contributed by atoms with Crippen molar-refractivity contribution < 1.29 is 4.74 Å². The van der Waals surface area contributed by atoms with E-state index in [4.69, 9.17) is 4.74 Å². The van der Waals surface area contributed by atoms with Gasteiger partial charge in [-0.15, -0.1) is 0 Å². The Kier molecular flexibility index (Phi) is 7.40. The lowest BCUT2D eigenvalue weighted by molar-refractivity contribution is 0.441. The van der Waals surface area contributed by atoms with Crippen LogP contribution in [0.3, 0.4) is 0 Å². The molecule has 2 heteroatoms. The Labute approximate surface area is 241 Å². The summed E-state index contributed by atoms with van der Waals surface area (Å²) in [5, 5.41) is 3.11. The number of ether oxygens (including phenoxy) is 1. The number of rotatable bonds is 6. The van der Waals surface area contributed by atoms with Crippen molar-refractivity contribution in [1.82, 2.24) is 5.32 Å². The molecule has 0 fully saturated rings. The lowest BCUT2D eigenvalue weighted by Crippen LogP contribution is -2.15. The molecular formula is C38H43NO. The van der Waals surface area contributed by atoms with Gasteiger partial charge in [-0.3, -0.25) is 0 Å². The molecule has 5 rings (SSSR count). The van der Waals surface area contributed by atoms with Crippen LogP contribution in [-0.4, -0.2) is 7.05 Å². The van der Waals surface area contributed by atoms with Gasteiger partial charge in [-0.25, -0.2) is 0 Å². The van der Waals surface area contributed by atoms with Gasteiger partial charge in [-0.1, -0.05) is 120 Å². The normalized spacial score (nSPS) is 18.6. The minimum absolute atomic E-state index is 0.00544. The van der Waals surface area contributed by atoms with Crippen molar-refractivity contribution in [2.24, 2.45) is 5.41 Å². The van der Waals surface area contributed by atoms with Crippen molar-refractivity contribution in [3.8, 4) is 16.9 Å². The molecule has 2 nitrogen and oxygen atoms in total. The van der Waals surface area contributed by atoms with Crippen molar-refractivity contribution in [2.75, 3.05) is 7.05 Å². The van der Waals surface area contributed by atoms with Crippen LogP contribution in [0, 0.1) is 5.41 Å². The highest BCUT2D eigenvalue weighted by atomic mass is 16.5. The predicted molar refractivity (Wildman–Crippen MR) is 170 cm³/mol. The fourth-order valence-corrected chi connectivity index (χ4v) is 6.10. The van der Waals surface area contributed by atoms with Gasteiger partial charge in [-0.05, 0) is 63.6 Å². The quantitative estimate of drug-likeness (QED) is 0.343. The van der Waals surface area contributed by atoms with Crippen molar-refractivity contribution in [3.63, 3.8) is 0 Å². The maximum absolute atomic E-state index is 6.66. The third-order valence-corrected chi connectivity index (χ3v) is 8.81. The molecule has 0 aromatic heterocycles. The lowest BCUT2D eigenvalue weighted by Gasteiger charge is -2.23. The molecule has 0 bridgehead atoms. The standard InChI is InChI=1S/C38H43NO/c1-25(37(3,4)5)22-29-24-34-31(19-20-32(36(34)40-29)27-14-10-9-11-15-27)26(2)30-17-12-18-35-33(30)23-28(38(35,6)7)16-13-21-39-8/h9-22,26,39H,1,23-24H2,2-8H3/b21-13-,28-16+,29-22+. The van der Waals surface area contributed by atoms with E-state index in [0.29, 0.717) is 0 Å². The summed E-state index contributed by atoms with van der Waals surface area (Å²) in [7, 11) is 1.94. The third-order valence-electron chi connectivity index (χ3n) is 8.81. The van der Waals surface area contributed by atoms with Crippen LogP contribution < -0.4 is 10.1 Å². The number of hydrogen-bond donors (Lipinski definition) is 1. The van der Waals surface area contributed by atoms with E-state index in [-0.39, 0.29) is 16.7 Å². The largest absolute Gasteiger partial charge is 0.460 e. The smallest absolute Gasteiger partial charge is 0.138 e. The molecule has 1 heterocycles. The average Bonchev–Trinajstić information content (AvgIpc) is 3.45. The van der Waals surface area contributed by atoms with Crippen molar-refractivity contribution in [3.05, 3.63) is 136 Å². The van der Waals surface area contributed by atoms with E-state index in [1.807, 2.05) is 13.2 Å². The Morgan fingerprint density at radius 2 is 1.68 bits per heavy atom. The monoisotopic (exact) mass is 529 g/mol. The van der Waals surface area contributed by atoms with Crippen molar-refractivity contribution in [2.45, 2.75) is 65.7 Å². The second-order valence-electron chi connectivity index (χ2n) is 12.8. The number of benzene rings is 3. The van der Waals surface area contributed by atoms with E-state index >= 15 is 0 Å². The molecule has 0 radical (unpaired) electrons. The van der Waals surface area contributed by atoms with Crippen LogP contribution in [0.15, 0.2) is 109 Å². The number of allylic oxidation sites excluding steroid dienone is 6. The molecule has 1 unspecified atom stereocenters. The summed E-state index contributed by atoms with van der Waals surface area (Å²) in [5.41, 5.74) is 11.8. The van der Waals surface area contributed by atoms with Gasteiger partial charge in [0, 0.05) is 35.9 Å². The first kappa shape index (κ1) is 27.8. The van der Waals surface area contributed by atoms with Gasteiger partial charge < -0.3 is 10.1 Å². The average molecular weight is 530 g/mol. The Hall–Kier alpha value is -3.78. The first-order chi connectivity index (χ1) is 19.0. The number of nitrogens with one attached hydrogen (secondary N) is 1. The van der Waals surface area contributed by atoms with Crippen molar-refractivity contribution >= 4 is 0 Å². The molecule has 1 aliphatic carbocycles. The number of fused-ring (bicyclic) bond motifs is 2. The molecule has 0 saturated carbocycles. The second-order valence-corrected chi connectivity index (χ2v) is 12.8. The van der Waals surface area contributed by atoms with Crippen LogP contribution in [0.4, 0.5) is 0 Å². The van der Waals surface area contributed by atoms with E-state index in [9.17, 15) is 0 Å². The number of hydrogen-bond acceptors (Lipinski definition) is 2. The molecule has 0 spiro atoms. The van der Waals surface area contributed by atoms with Gasteiger partial charge in [0.05, 0.1) is 0 Å². The maximum atomic E-state index is 6.66. The molecule has 3 aromatic rings. The lowest BCUT2D eigenvalue weighted by atomic mass is 9.80. The minimum atomic E-state index is -0.00544. The summed E-state index contributed by atoms with van der Waals surface area (Å²) < 4.78 is 6.66. The fourth-order valence-electron chi connectivity index (χ4n) is 6.10. The third kappa shape index (κ3) is 5.08. The van der Waals surface area contributed by atoms with Gasteiger partial charge in [0.25, 0.3) is 0 Å². The molecule has 1 atom stereocenters. The zero-order valence-electron chi connectivity index (χ0n) is 25.2. The van der Waals surface area contributed by atoms with E-state index in [2.05, 4.69) is 132 Å². The SMILES string of the molecule is C=C(/C=C1\Cc2c(C(C)c3cccc4c3C/C(=C\C=C/NC)C4(C)C)ccc(-c3ccccc3)c2O1)C(C)(C)C. The summed E-state index contributed by atoms with van der Waals surface area (Å²) in [6.07, 6.45) is 10.3. The van der Waals surface area contributed by atoms with E-state index < -0.39 is 0 Å². The van der Waals surface area contributed by atoms with Crippen molar-refractivity contribution in [1.29, 1.82) is 0 Å². The zero-order valence-corrected chi connectivity index (χ0v) is 25.2. The summed E-state index contributed by atoms with van der Waals surface area (Å²) in [4.78, 5) is 0. The second kappa shape index (κ2) is 10.7. The topological polar surface area (TPSA) is 21.3 Å². The molecule has 0 amide bonds. The summed E-state index contributed by atoms with van der Waals surface area (Å²) in [6.45, 7) is 18.0. The predicted octanol–water partition coefficient (Wildman–Crippen LogP) is 9.42. The van der Waals surface area contributed by atoms with Crippen LogP contribution in [0.25, 0.3) is 11.1 Å². The first-order valence-electron chi connectivity index (χ1n) is 14.5. The maximum Gasteiger partial charge on any atom is 0.138 e. The highest BCUT2D eigenvalue weighted by Crippen LogP contribution is 2.49. The Balaban J connectivity index is 1.60. The van der Waals surface area contributed by atoms with Gasteiger partial charge in [0.15, 0.2) is 0 Å². The molecule has 1 N–H and O–H groups in total. The van der Waals surface area contributed by atoms with Gasteiger partial charge in [-0.2, -0.15) is 0 Å². The highest BCUT2D eigenvalue weighted by Gasteiger charge is 2.37. The van der Waals surface area contributed by atoms with Gasteiger partial charge in [0.1, 0.15) is 11.5 Å². The fraction of sp³-hybridized carbons (Fsp3) is 0.316. The van der Waals surface area contributed by atoms with Gasteiger partial charge in [0.2, 0.25) is 0 Å². The zero-order chi connectivity index (χ0) is 28.7.